The molecule has 0 radical (unpaired) electrons. The van der Waals surface area contributed by atoms with Gasteiger partial charge in [-0.25, -0.2) is 8.78 Å². The highest BCUT2D eigenvalue weighted by molar-refractivity contribution is 5.39. The molecule has 0 aliphatic rings. The van der Waals surface area contributed by atoms with Crippen molar-refractivity contribution in [1.29, 1.82) is 0 Å². The van der Waals surface area contributed by atoms with Crippen molar-refractivity contribution in [2.45, 2.75) is 13.5 Å². The largest absolute Gasteiger partial charge is 0.454 e. The number of hydrogen-bond donors (Lipinski definition) is 1. The summed E-state index contributed by atoms with van der Waals surface area (Å²) in [4.78, 5) is 0. The summed E-state index contributed by atoms with van der Waals surface area (Å²) < 4.78 is 32.4. The smallest absolute Gasteiger partial charge is 0.165 e. The molecule has 0 spiro atoms. The Morgan fingerprint density at radius 2 is 1.84 bits per heavy atom. The molecular formula is C15H15F2NO. The van der Waals surface area contributed by atoms with Crippen molar-refractivity contribution < 1.29 is 13.5 Å². The van der Waals surface area contributed by atoms with Crippen LogP contribution in [0.5, 0.6) is 11.5 Å². The zero-order chi connectivity index (χ0) is 13.8. The first-order chi connectivity index (χ1) is 9.10. The van der Waals surface area contributed by atoms with E-state index < -0.39 is 5.82 Å². The Morgan fingerprint density at radius 1 is 1.05 bits per heavy atom. The second kappa shape index (κ2) is 5.80. The van der Waals surface area contributed by atoms with Crippen molar-refractivity contribution in [3.8, 4) is 11.5 Å². The lowest BCUT2D eigenvalue weighted by Crippen LogP contribution is -2.07. The van der Waals surface area contributed by atoms with Gasteiger partial charge in [0.1, 0.15) is 11.6 Å². The maximum absolute atomic E-state index is 13.6. The fourth-order valence-electron chi connectivity index (χ4n) is 1.78. The number of ether oxygens (including phenoxy) is 1. The molecule has 0 heterocycles. The molecule has 0 bridgehead atoms. The van der Waals surface area contributed by atoms with Gasteiger partial charge in [0.05, 0.1) is 0 Å². The lowest BCUT2D eigenvalue weighted by Gasteiger charge is -2.12. The number of hydrogen-bond acceptors (Lipinski definition) is 2. The third-order valence-corrected chi connectivity index (χ3v) is 2.70. The molecule has 2 aromatic carbocycles. The molecule has 4 heteroatoms. The summed E-state index contributed by atoms with van der Waals surface area (Å²) in [5.41, 5.74) is 1.54. The zero-order valence-electron chi connectivity index (χ0n) is 10.8. The highest BCUT2D eigenvalue weighted by atomic mass is 19.1. The maximum atomic E-state index is 13.6. The molecule has 0 fully saturated rings. The molecule has 100 valence electrons. The van der Waals surface area contributed by atoms with Gasteiger partial charge >= 0.3 is 0 Å². The topological polar surface area (TPSA) is 21.3 Å². The van der Waals surface area contributed by atoms with Crippen molar-refractivity contribution >= 4 is 0 Å². The van der Waals surface area contributed by atoms with Crippen LogP contribution in [-0.4, -0.2) is 7.05 Å². The second-order valence-corrected chi connectivity index (χ2v) is 4.32. The molecular weight excluding hydrogens is 248 g/mol. The highest BCUT2D eigenvalue weighted by Gasteiger charge is 2.09. The van der Waals surface area contributed by atoms with E-state index in [1.165, 1.54) is 24.3 Å². The second-order valence-electron chi connectivity index (χ2n) is 4.32. The third-order valence-electron chi connectivity index (χ3n) is 2.70. The van der Waals surface area contributed by atoms with E-state index in [0.717, 1.165) is 5.56 Å². The first kappa shape index (κ1) is 13.5. The minimum Gasteiger partial charge on any atom is -0.454 e. The molecule has 0 aliphatic carbocycles. The van der Waals surface area contributed by atoms with Crippen molar-refractivity contribution in [3.63, 3.8) is 0 Å². The van der Waals surface area contributed by atoms with E-state index in [-0.39, 0.29) is 11.6 Å². The fraction of sp³-hybridized carbons (Fsp3) is 0.200. The maximum Gasteiger partial charge on any atom is 0.165 e. The van der Waals surface area contributed by atoms with Gasteiger partial charge in [-0.15, -0.1) is 0 Å². The van der Waals surface area contributed by atoms with Crippen LogP contribution in [0, 0.1) is 18.6 Å². The summed E-state index contributed by atoms with van der Waals surface area (Å²) >= 11 is 0. The van der Waals surface area contributed by atoms with Crippen LogP contribution in [0.3, 0.4) is 0 Å². The van der Waals surface area contributed by atoms with Crippen molar-refractivity contribution in [2.75, 3.05) is 7.05 Å². The van der Waals surface area contributed by atoms with Crippen molar-refractivity contribution in [1.82, 2.24) is 5.32 Å². The van der Waals surface area contributed by atoms with Crippen LogP contribution in [0.1, 0.15) is 11.1 Å². The molecule has 0 saturated heterocycles. The van der Waals surface area contributed by atoms with Gasteiger partial charge in [-0.3, -0.25) is 0 Å². The monoisotopic (exact) mass is 263 g/mol. The molecule has 0 aliphatic heterocycles. The minimum atomic E-state index is -0.440. The number of rotatable bonds is 4. The van der Waals surface area contributed by atoms with Crippen molar-refractivity contribution in [2.24, 2.45) is 0 Å². The summed E-state index contributed by atoms with van der Waals surface area (Å²) in [5, 5.41) is 2.92. The first-order valence-corrected chi connectivity index (χ1v) is 5.97. The fourth-order valence-corrected chi connectivity index (χ4v) is 1.78. The summed E-state index contributed by atoms with van der Waals surface area (Å²) in [6.45, 7) is 2.30. The Hall–Kier alpha value is -1.94. The Morgan fingerprint density at radius 3 is 2.58 bits per heavy atom. The van der Waals surface area contributed by atoms with Gasteiger partial charge in [0, 0.05) is 12.1 Å². The third kappa shape index (κ3) is 3.29. The Bertz CT molecular complexity index is 584. The van der Waals surface area contributed by atoms with Crippen molar-refractivity contribution in [3.05, 3.63) is 59.2 Å². The Balaban J connectivity index is 2.34. The van der Waals surface area contributed by atoms with E-state index in [9.17, 15) is 8.78 Å². The zero-order valence-corrected chi connectivity index (χ0v) is 10.8. The quantitative estimate of drug-likeness (QED) is 0.906. The number of nitrogens with one attached hydrogen (secondary N) is 1. The van der Waals surface area contributed by atoms with Crippen LogP contribution in [0.2, 0.25) is 0 Å². The highest BCUT2D eigenvalue weighted by Crippen LogP contribution is 2.28. The minimum absolute atomic E-state index is 0.143. The SMILES string of the molecule is CNCc1cc(F)ccc1Oc1cc(C)ccc1F. The van der Waals surface area contributed by atoms with E-state index in [4.69, 9.17) is 4.74 Å². The van der Waals surface area contributed by atoms with Gasteiger partial charge < -0.3 is 10.1 Å². The predicted octanol–water partition coefficient (Wildman–Crippen LogP) is 3.78. The van der Waals surface area contributed by atoms with E-state index in [2.05, 4.69) is 5.32 Å². The number of halogens is 2. The molecule has 2 aromatic rings. The van der Waals surface area contributed by atoms with Gasteiger partial charge in [-0.2, -0.15) is 0 Å². The number of aryl methyl sites for hydroxylation is 1. The van der Waals surface area contributed by atoms with E-state index in [0.29, 0.717) is 17.9 Å². The standard InChI is InChI=1S/C15H15F2NO/c1-10-3-5-13(17)15(7-10)19-14-6-4-12(16)8-11(14)9-18-2/h3-8,18H,9H2,1-2H3. The lowest BCUT2D eigenvalue weighted by molar-refractivity contribution is 0.434. The first-order valence-electron chi connectivity index (χ1n) is 5.97. The molecule has 0 amide bonds. The van der Waals surface area contributed by atoms with Gasteiger partial charge in [-0.1, -0.05) is 6.07 Å². The molecule has 0 saturated carbocycles. The Labute approximate surface area is 111 Å². The lowest BCUT2D eigenvalue weighted by atomic mass is 10.2. The van der Waals surface area contributed by atoms with Gasteiger partial charge in [0.15, 0.2) is 11.6 Å². The molecule has 2 nitrogen and oxygen atoms in total. The molecule has 2 rings (SSSR count). The van der Waals surface area contributed by atoms with Gasteiger partial charge in [0.25, 0.3) is 0 Å². The normalized spacial score (nSPS) is 10.5. The summed E-state index contributed by atoms with van der Waals surface area (Å²) in [5.74, 6) is -0.197. The number of benzene rings is 2. The van der Waals surface area contributed by atoms with Crippen LogP contribution in [-0.2, 0) is 6.54 Å². The average molecular weight is 263 g/mol. The van der Waals surface area contributed by atoms with E-state index in [1.807, 2.05) is 6.92 Å². The molecule has 0 aromatic heterocycles. The summed E-state index contributed by atoms with van der Waals surface area (Å²) in [6, 6.07) is 8.81. The average Bonchev–Trinajstić information content (AvgIpc) is 2.37. The molecule has 0 unspecified atom stereocenters. The summed E-state index contributed by atoms with van der Waals surface area (Å²) in [7, 11) is 1.75. The Kier molecular flexibility index (Phi) is 4.12. The summed E-state index contributed by atoms with van der Waals surface area (Å²) in [6.07, 6.45) is 0. The van der Waals surface area contributed by atoms with Gasteiger partial charge in [0.2, 0.25) is 0 Å². The van der Waals surface area contributed by atoms with Crippen LogP contribution >= 0.6 is 0 Å². The van der Waals surface area contributed by atoms with Crippen LogP contribution in [0.15, 0.2) is 36.4 Å². The molecule has 19 heavy (non-hydrogen) atoms. The van der Waals surface area contributed by atoms with E-state index >= 15 is 0 Å². The molecule has 0 atom stereocenters. The molecule has 1 N–H and O–H groups in total. The van der Waals surface area contributed by atoms with E-state index in [1.54, 1.807) is 19.2 Å². The van der Waals surface area contributed by atoms with Gasteiger partial charge in [-0.05, 0) is 49.9 Å². The predicted molar refractivity (Wildman–Crippen MR) is 70.4 cm³/mol. The van der Waals surface area contributed by atoms with Crippen LogP contribution < -0.4 is 10.1 Å². The van der Waals surface area contributed by atoms with Crippen LogP contribution in [0.4, 0.5) is 8.78 Å². The van der Waals surface area contributed by atoms with Crippen LogP contribution in [0.25, 0.3) is 0 Å².